The van der Waals surface area contributed by atoms with Crippen LogP contribution in [0.1, 0.15) is 12.5 Å². The van der Waals surface area contributed by atoms with Crippen LogP contribution in [0.3, 0.4) is 0 Å². The molecule has 71 valence electrons. The standard InChI is InChI=1S/C8H11P.CH2Cl.Pd/c1-2-7-4-3-5-8(9)6-7;1-2;/h3-6H,2,9H2,1H3;1H2;. The second-order valence-electron chi connectivity index (χ2n) is 2.18. The predicted octanol–water partition coefficient (Wildman–Crippen LogP) is 2.48. The molecule has 0 radical (unpaired) electrons. The van der Waals surface area contributed by atoms with E-state index in [1.54, 1.807) is 0 Å². The summed E-state index contributed by atoms with van der Waals surface area (Å²) in [6, 6.07) is 8.50. The molecule has 0 N–H and O–H groups in total. The van der Waals surface area contributed by atoms with E-state index < -0.39 is 0 Å². The number of alkyl halides is 1. The van der Waals surface area contributed by atoms with E-state index in [2.05, 4.69) is 59.6 Å². The van der Waals surface area contributed by atoms with E-state index in [1.165, 1.54) is 10.9 Å². The van der Waals surface area contributed by atoms with E-state index in [9.17, 15) is 0 Å². The van der Waals surface area contributed by atoms with Gasteiger partial charge in [0.2, 0.25) is 0 Å². The minimum atomic E-state index is 0.572. The Morgan fingerprint density at radius 2 is 2.08 bits per heavy atom. The van der Waals surface area contributed by atoms with Crippen molar-refractivity contribution in [2.75, 3.05) is 4.35 Å². The second-order valence-corrected chi connectivity index (χ2v) is 4.27. The fraction of sp³-hybridized carbons (Fsp3) is 0.333. The van der Waals surface area contributed by atoms with Crippen molar-refractivity contribution >= 4 is 26.1 Å². The fourth-order valence-electron chi connectivity index (χ4n) is 0.813. The van der Waals surface area contributed by atoms with Gasteiger partial charge in [-0.15, -0.1) is 9.24 Å². The molecule has 1 aromatic rings. The molecule has 0 spiro atoms. The van der Waals surface area contributed by atoms with Gasteiger partial charge in [-0.3, -0.25) is 0 Å². The topological polar surface area (TPSA) is 0 Å². The molecule has 0 saturated heterocycles. The molecule has 3 heteroatoms. The summed E-state index contributed by atoms with van der Waals surface area (Å²) in [5, 5.41) is 1.27. The van der Waals surface area contributed by atoms with Crippen LogP contribution >= 0.6 is 20.8 Å². The van der Waals surface area contributed by atoms with E-state index in [-0.39, 0.29) is 0 Å². The van der Waals surface area contributed by atoms with E-state index in [1.807, 2.05) is 0 Å². The van der Waals surface area contributed by atoms with Crippen molar-refractivity contribution in [1.82, 2.24) is 0 Å². The molecular formula is C9H13ClPPd. The van der Waals surface area contributed by atoms with E-state index in [0.29, 0.717) is 4.35 Å². The quantitative estimate of drug-likeness (QED) is 0.424. The molecule has 1 unspecified atom stereocenters. The third-order valence-corrected chi connectivity index (χ3v) is 1.72. The Hall–Kier alpha value is 0.602. The SMILES string of the molecule is CCc1cccc(P)c1.Cl[CH2][Pd]. The molecule has 0 aliphatic heterocycles. The van der Waals surface area contributed by atoms with Crippen LogP contribution in [0.2, 0.25) is 0 Å². The van der Waals surface area contributed by atoms with Gasteiger partial charge in [0.05, 0.1) is 0 Å². The average Bonchev–Trinajstić information content (AvgIpc) is 2.06. The number of halogens is 1. The number of benzene rings is 1. The van der Waals surface area contributed by atoms with Crippen LogP contribution in [-0.4, -0.2) is 4.35 Å². The van der Waals surface area contributed by atoms with Crippen molar-refractivity contribution in [2.45, 2.75) is 13.3 Å². The maximum absolute atomic E-state index is 4.93. The Labute approximate surface area is 92.7 Å². The molecule has 0 nitrogen and oxygen atoms in total. The maximum atomic E-state index is 4.93. The zero-order valence-electron chi connectivity index (χ0n) is 7.00. The zero-order valence-corrected chi connectivity index (χ0v) is 10.5. The molecule has 0 saturated carbocycles. The van der Waals surface area contributed by atoms with Crippen LogP contribution in [0.25, 0.3) is 0 Å². The van der Waals surface area contributed by atoms with Crippen LogP contribution in [-0.2, 0) is 25.6 Å². The molecular weight excluding hydrogens is 281 g/mol. The molecule has 12 heavy (non-hydrogen) atoms. The van der Waals surface area contributed by atoms with Crippen LogP contribution in [0.5, 0.6) is 0 Å². The van der Waals surface area contributed by atoms with Gasteiger partial charge in [-0.05, 0) is 17.3 Å². The van der Waals surface area contributed by atoms with Gasteiger partial charge in [-0.2, -0.15) is 0 Å². The van der Waals surface area contributed by atoms with Gasteiger partial charge >= 0.3 is 35.2 Å². The van der Waals surface area contributed by atoms with Crippen LogP contribution in [0, 0.1) is 0 Å². The van der Waals surface area contributed by atoms with Gasteiger partial charge in [-0.25, -0.2) is 0 Å². The summed E-state index contributed by atoms with van der Waals surface area (Å²) >= 11 is 7.64. The van der Waals surface area contributed by atoms with Gasteiger partial charge < -0.3 is 0 Å². The van der Waals surface area contributed by atoms with E-state index in [0.717, 1.165) is 6.42 Å². The monoisotopic (exact) mass is 293 g/mol. The van der Waals surface area contributed by atoms with Crippen LogP contribution in [0.4, 0.5) is 0 Å². The molecule has 1 rings (SSSR count). The number of hydrogen-bond acceptors (Lipinski definition) is 0. The molecule has 0 aromatic heterocycles. The second kappa shape index (κ2) is 8.21. The number of rotatable bonds is 1. The fourth-order valence-corrected chi connectivity index (χ4v) is 1.14. The van der Waals surface area contributed by atoms with Crippen LogP contribution in [0.15, 0.2) is 24.3 Å². The summed E-state index contributed by atoms with van der Waals surface area (Å²) in [5.74, 6) is 0. The number of aryl methyl sites for hydroxylation is 1. The summed E-state index contributed by atoms with van der Waals surface area (Å²) < 4.78 is 0.572. The van der Waals surface area contributed by atoms with Crippen molar-refractivity contribution in [3.8, 4) is 0 Å². The van der Waals surface area contributed by atoms with Crippen molar-refractivity contribution in [3.05, 3.63) is 29.8 Å². The first-order chi connectivity index (χ1) is 5.74. The molecule has 0 aliphatic carbocycles. The summed E-state index contributed by atoms with van der Waals surface area (Å²) in [5.41, 5.74) is 1.41. The van der Waals surface area contributed by atoms with Crippen molar-refractivity contribution < 1.29 is 19.2 Å². The molecule has 0 bridgehead atoms. The van der Waals surface area contributed by atoms with Crippen LogP contribution < -0.4 is 5.30 Å². The summed E-state index contributed by atoms with van der Waals surface area (Å²) in [6.07, 6.45) is 1.13. The van der Waals surface area contributed by atoms with Gasteiger partial charge in [0, 0.05) is 0 Å². The Balaban J connectivity index is 0.000000354. The Morgan fingerprint density at radius 3 is 2.42 bits per heavy atom. The Morgan fingerprint density at radius 1 is 1.50 bits per heavy atom. The van der Waals surface area contributed by atoms with Gasteiger partial charge in [0.15, 0.2) is 0 Å². The Bertz CT molecular complexity index is 215. The molecule has 0 fully saturated rings. The van der Waals surface area contributed by atoms with E-state index in [4.69, 9.17) is 11.6 Å². The zero-order chi connectivity index (χ0) is 9.40. The third kappa shape index (κ3) is 6.16. The van der Waals surface area contributed by atoms with E-state index >= 15 is 0 Å². The molecule has 1 atom stereocenters. The molecule has 1 aromatic carbocycles. The number of hydrogen-bond donors (Lipinski definition) is 0. The van der Waals surface area contributed by atoms with Gasteiger partial charge in [0.25, 0.3) is 0 Å². The normalized spacial score (nSPS) is 8.75. The van der Waals surface area contributed by atoms with Crippen molar-refractivity contribution in [1.29, 1.82) is 0 Å². The molecule has 0 heterocycles. The minimum absolute atomic E-state index is 0.572. The first-order valence-electron chi connectivity index (χ1n) is 3.66. The Kier molecular flexibility index (Phi) is 8.62. The summed E-state index contributed by atoms with van der Waals surface area (Å²) in [6.45, 7) is 2.17. The van der Waals surface area contributed by atoms with Crippen molar-refractivity contribution in [2.24, 2.45) is 0 Å². The van der Waals surface area contributed by atoms with Gasteiger partial charge in [-0.1, -0.05) is 31.2 Å². The molecule has 0 aliphatic rings. The summed E-state index contributed by atoms with van der Waals surface area (Å²) in [7, 11) is 2.69. The average molecular weight is 294 g/mol. The summed E-state index contributed by atoms with van der Waals surface area (Å²) in [4.78, 5) is 0. The predicted molar refractivity (Wildman–Crippen MR) is 55.9 cm³/mol. The first-order valence-corrected chi connectivity index (χ1v) is 5.87. The molecule has 0 amide bonds. The van der Waals surface area contributed by atoms with Crippen molar-refractivity contribution in [3.63, 3.8) is 0 Å². The van der Waals surface area contributed by atoms with Gasteiger partial charge in [0.1, 0.15) is 0 Å². The third-order valence-electron chi connectivity index (χ3n) is 1.36. The first kappa shape index (κ1) is 12.6.